The van der Waals surface area contributed by atoms with E-state index in [0.717, 1.165) is 0 Å². The molecule has 0 bridgehead atoms. The number of ether oxygens (including phenoxy) is 1. The van der Waals surface area contributed by atoms with Crippen LogP contribution in [0.3, 0.4) is 0 Å². The number of hydrogen-bond donors (Lipinski definition) is 0. The molecular formula is C11H6BrClF3NO. The van der Waals surface area contributed by atoms with Crippen LogP contribution < -0.4 is 4.74 Å². The molecule has 0 aliphatic rings. The second-order valence-corrected chi connectivity index (χ2v) is 4.72. The molecule has 7 heteroatoms. The summed E-state index contributed by atoms with van der Waals surface area (Å²) in [6.07, 6.45) is -4.73. The highest BCUT2D eigenvalue weighted by atomic mass is 79.9. The van der Waals surface area contributed by atoms with E-state index in [9.17, 15) is 13.2 Å². The molecule has 0 spiro atoms. The third kappa shape index (κ3) is 2.70. The average Bonchev–Trinajstić information content (AvgIpc) is 2.25. The predicted molar refractivity (Wildman–Crippen MR) is 65.9 cm³/mol. The van der Waals surface area contributed by atoms with E-state index in [1.165, 1.54) is 18.2 Å². The van der Waals surface area contributed by atoms with Gasteiger partial charge in [0.25, 0.3) is 0 Å². The Labute approximate surface area is 114 Å². The summed E-state index contributed by atoms with van der Waals surface area (Å²) >= 11 is 9.28. The Morgan fingerprint density at radius 3 is 2.61 bits per heavy atom. The molecular weight excluding hydrogens is 334 g/mol. The van der Waals surface area contributed by atoms with Gasteiger partial charge in [-0.1, -0.05) is 11.6 Å². The van der Waals surface area contributed by atoms with Crippen LogP contribution in [0.5, 0.6) is 5.75 Å². The van der Waals surface area contributed by atoms with Gasteiger partial charge in [-0.25, -0.2) is 0 Å². The highest BCUT2D eigenvalue weighted by Crippen LogP contribution is 2.35. The molecule has 0 amide bonds. The molecule has 0 saturated carbocycles. The van der Waals surface area contributed by atoms with Gasteiger partial charge in [-0.05, 0) is 41.1 Å². The summed E-state index contributed by atoms with van der Waals surface area (Å²) < 4.78 is 40.7. The van der Waals surface area contributed by atoms with Crippen LogP contribution in [-0.2, 0) is 0 Å². The second-order valence-electron chi connectivity index (χ2n) is 3.55. The predicted octanol–water partition coefficient (Wildman–Crippen LogP) is 4.86. The van der Waals surface area contributed by atoms with Crippen LogP contribution in [0.15, 0.2) is 22.7 Å². The van der Waals surface area contributed by atoms with Gasteiger partial charge in [0.2, 0.25) is 0 Å². The summed E-state index contributed by atoms with van der Waals surface area (Å²) in [7, 11) is 0. The van der Waals surface area contributed by atoms with Crippen molar-refractivity contribution in [2.75, 3.05) is 0 Å². The van der Waals surface area contributed by atoms with Crippen LogP contribution in [0.1, 0.15) is 5.69 Å². The summed E-state index contributed by atoms with van der Waals surface area (Å²) in [5.41, 5.74) is 1.17. The van der Waals surface area contributed by atoms with Crippen molar-refractivity contribution in [2.24, 2.45) is 0 Å². The number of rotatable bonds is 1. The van der Waals surface area contributed by atoms with Crippen molar-refractivity contribution in [3.63, 3.8) is 0 Å². The zero-order valence-corrected chi connectivity index (χ0v) is 11.3. The first-order chi connectivity index (χ1) is 8.28. The Kier molecular flexibility index (Phi) is 3.42. The van der Waals surface area contributed by atoms with E-state index in [-0.39, 0.29) is 5.75 Å². The van der Waals surface area contributed by atoms with E-state index in [4.69, 9.17) is 11.6 Å². The van der Waals surface area contributed by atoms with E-state index in [2.05, 4.69) is 25.7 Å². The lowest BCUT2D eigenvalue weighted by molar-refractivity contribution is -0.274. The summed E-state index contributed by atoms with van der Waals surface area (Å²) in [4.78, 5) is 4.21. The molecule has 18 heavy (non-hydrogen) atoms. The first-order valence-electron chi connectivity index (χ1n) is 4.79. The van der Waals surface area contributed by atoms with Crippen LogP contribution in [-0.4, -0.2) is 11.3 Å². The van der Waals surface area contributed by atoms with Crippen molar-refractivity contribution in [1.29, 1.82) is 0 Å². The maximum atomic E-state index is 12.1. The first-order valence-corrected chi connectivity index (χ1v) is 5.96. The Morgan fingerprint density at radius 1 is 1.33 bits per heavy atom. The molecule has 2 rings (SSSR count). The number of benzene rings is 1. The number of fused-ring (bicyclic) bond motifs is 1. The number of nitrogens with zero attached hydrogens (tertiary/aromatic N) is 1. The molecule has 0 aliphatic heterocycles. The average molecular weight is 341 g/mol. The van der Waals surface area contributed by atoms with Gasteiger partial charge in [-0.2, -0.15) is 0 Å². The summed E-state index contributed by atoms with van der Waals surface area (Å²) in [6.45, 7) is 1.75. The zero-order chi connectivity index (χ0) is 13.5. The summed E-state index contributed by atoms with van der Waals surface area (Å²) in [5.74, 6) is -0.325. The lowest BCUT2D eigenvalue weighted by Gasteiger charge is -2.11. The molecule has 0 atom stereocenters. The van der Waals surface area contributed by atoms with Crippen molar-refractivity contribution in [3.8, 4) is 5.75 Å². The molecule has 0 saturated heterocycles. The topological polar surface area (TPSA) is 22.1 Å². The first kappa shape index (κ1) is 13.4. The Bertz CT molecular complexity index is 615. The number of hydrogen-bond acceptors (Lipinski definition) is 2. The highest BCUT2D eigenvalue weighted by Gasteiger charge is 2.31. The third-order valence-electron chi connectivity index (χ3n) is 2.24. The number of pyridine rings is 1. The van der Waals surface area contributed by atoms with Crippen molar-refractivity contribution in [3.05, 3.63) is 33.4 Å². The standard InChI is InChI=1S/C11H6BrClF3NO/c1-5-9(12)10(13)7-4-6(18-11(14,15)16)2-3-8(7)17-5/h2-4H,1H3. The van der Waals surface area contributed by atoms with Crippen LogP contribution >= 0.6 is 27.5 Å². The van der Waals surface area contributed by atoms with Gasteiger partial charge in [0, 0.05) is 5.39 Å². The molecule has 96 valence electrons. The quantitative estimate of drug-likeness (QED) is 0.740. The number of aryl methyl sites for hydroxylation is 1. The van der Waals surface area contributed by atoms with Gasteiger partial charge in [0.15, 0.2) is 0 Å². The second kappa shape index (κ2) is 4.59. The van der Waals surface area contributed by atoms with Crippen molar-refractivity contribution in [1.82, 2.24) is 4.98 Å². The minimum absolute atomic E-state index is 0.310. The third-order valence-corrected chi connectivity index (χ3v) is 3.83. The van der Waals surface area contributed by atoms with Crippen LogP contribution in [0.4, 0.5) is 13.2 Å². The fourth-order valence-corrected chi connectivity index (χ4v) is 2.08. The summed E-state index contributed by atoms with van der Waals surface area (Å²) in [6, 6.07) is 3.84. The monoisotopic (exact) mass is 339 g/mol. The molecule has 0 unspecified atom stereocenters. The number of aromatic nitrogens is 1. The molecule has 1 heterocycles. The highest BCUT2D eigenvalue weighted by molar-refractivity contribution is 9.10. The van der Waals surface area contributed by atoms with Gasteiger partial charge >= 0.3 is 6.36 Å². The Balaban J connectivity index is 2.58. The fraction of sp³-hybridized carbons (Fsp3) is 0.182. The largest absolute Gasteiger partial charge is 0.573 e. The van der Waals surface area contributed by atoms with E-state index in [1.54, 1.807) is 6.92 Å². The minimum Gasteiger partial charge on any atom is -0.406 e. The molecule has 0 fully saturated rings. The van der Waals surface area contributed by atoms with Crippen molar-refractivity contribution >= 4 is 38.4 Å². The van der Waals surface area contributed by atoms with Gasteiger partial charge < -0.3 is 4.74 Å². The van der Waals surface area contributed by atoms with E-state index < -0.39 is 6.36 Å². The van der Waals surface area contributed by atoms with Gasteiger partial charge in [0.1, 0.15) is 5.75 Å². The smallest absolute Gasteiger partial charge is 0.406 e. The SMILES string of the molecule is Cc1nc2ccc(OC(F)(F)F)cc2c(Cl)c1Br. The molecule has 1 aromatic carbocycles. The van der Waals surface area contributed by atoms with Crippen LogP contribution in [0.2, 0.25) is 5.02 Å². The lowest BCUT2D eigenvalue weighted by Crippen LogP contribution is -2.17. The molecule has 0 radical (unpaired) electrons. The zero-order valence-electron chi connectivity index (χ0n) is 8.98. The molecule has 0 N–H and O–H groups in total. The summed E-state index contributed by atoms with van der Waals surface area (Å²) in [5, 5.41) is 0.709. The maximum absolute atomic E-state index is 12.1. The van der Waals surface area contributed by atoms with E-state index >= 15 is 0 Å². The van der Waals surface area contributed by atoms with Crippen LogP contribution in [0.25, 0.3) is 10.9 Å². The van der Waals surface area contributed by atoms with Crippen LogP contribution in [0, 0.1) is 6.92 Å². The fourth-order valence-electron chi connectivity index (χ4n) is 1.49. The number of halogens is 5. The number of alkyl halides is 3. The molecule has 2 nitrogen and oxygen atoms in total. The van der Waals surface area contributed by atoms with Crippen molar-refractivity contribution < 1.29 is 17.9 Å². The van der Waals surface area contributed by atoms with Gasteiger partial charge in [0.05, 0.1) is 20.7 Å². The lowest BCUT2D eigenvalue weighted by atomic mass is 10.2. The van der Waals surface area contributed by atoms with Crippen molar-refractivity contribution in [2.45, 2.75) is 13.3 Å². The molecule has 0 aliphatic carbocycles. The minimum atomic E-state index is -4.73. The maximum Gasteiger partial charge on any atom is 0.573 e. The van der Waals surface area contributed by atoms with E-state index in [1.807, 2.05) is 0 Å². The Hall–Kier alpha value is -1.01. The Morgan fingerprint density at radius 2 is 2.00 bits per heavy atom. The van der Waals surface area contributed by atoms with Gasteiger partial charge in [-0.15, -0.1) is 13.2 Å². The van der Waals surface area contributed by atoms with E-state index in [0.29, 0.717) is 26.1 Å². The normalized spacial score (nSPS) is 11.9. The van der Waals surface area contributed by atoms with Gasteiger partial charge in [-0.3, -0.25) is 4.98 Å². The molecule has 1 aromatic heterocycles. The molecule has 2 aromatic rings.